The standard InChI is InChI=1S/C19H14ClN3O2/c20-15-6-2-8-17(11-15)23-18(24)13-4-1-7-16(10-13)22-19(25)14-5-3-9-21-12-14/h1-12H,(H,22,25)(H,23,24). The Kier molecular flexibility index (Phi) is 5.06. The number of nitrogens with zero attached hydrogens (tertiary/aromatic N) is 1. The molecule has 0 aliphatic heterocycles. The van der Waals surface area contributed by atoms with Crippen molar-refractivity contribution >= 4 is 34.8 Å². The summed E-state index contributed by atoms with van der Waals surface area (Å²) in [6.45, 7) is 0. The van der Waals surface area contributed by atoms with Crippen LogP contribution in [0, 0.1) is 0 Å². The van der Waals surface area contributed by atoms with Crippen molar-refractivity contribution in [1.82, 2.24) is 4.98 Å². The fourth-order valence-corrected chi connectivity index (χ4v) is 2.40. The minimum absolute atomic E-state index is 0.291. The minimum Gasteiger partial charge on any atom is -0.322 e. The first-order valence-electron chi connectivity index (χ1n) is 7.50. The van der Waals surface area contributed by atoms with E-state index < -0.39 is 0 Å². The molecule has 1 aromatic heterocycles. The molecule has 0 unspecified atom stereocenters. The van der Waals surface area contributed by atoms with Crippen molar-refractivity contribution in [2.24, 2.45) is 0 Å². The number of nitrogens with one attached hydrogen (secondary N) is 2. The number of rotatable bonds is 4. The Labute approximate surface area is 149 Å². The van der Waals surface area contributed by atoms with Gasteiger partial charge in [-0.05, 0) is 48.5 Å². The molecule has 0 spiro atoms. The van der Waals surface area contributed by atoms with Gasteiger partial charge in [-0.15, -0.1) is 0 Å². The number of carbonyl (C=O) groups is 2. The Morgan fingerprint density at radius 2 is 1.44 bits per heavy atom. The average Bonchev–Trinajstić information content (AvgIpc) is 2.62. The van der Waals surface area contributed by atoms with E-state index in [1.54, 1.807) is 66.9 Å². The molecule has 0 saturated carbocycles. The molecule has 6 heteroatoms. The van der Waals surface area contributed by atoms with Gasteiger partial charge in [-0.25, -0.2) is 0 Å². The van der Waals surface area contributed by atoms with E-state index in [2.05, 4.69) is 15.6 Å². The van der Waals surface area contributed by atoms with Crippen molar-refractivity contribution in [2.75, 3.05) is 10.6 Å². The topological polar surface area (TPSA) is 71.1 Å². The molecule has 0 radical (unpaired) electrons. The molecule has 2 aromatic carbocycles. The number of aromatic nitrogens is 1. The Bertz CT molecular complexity index is 913. The van der Waals surface area contributed by atoms with Crippen molar-refractivity contribution in [3.8, 4) is 0 Å². The number of halogens is 1. The lowest BCUT2D eigenvalue weighted by molar-refractivity contribution is 0.101. The maximum absolute atomic E-state index is 12.4. The first kappa shape index (κ1) is 16.7. The molecule has 0 saturated heterocycles. The lowest BCUT2D eigenvalue weighted by Crippen LogP contribution is -2.14. The Morgan fingerprint density at radius 3 is 2.12 bits per heavy atom. The summed E-state index contributed by atoms with van der Waals surface area (Å²) in [5.41, 5.74) is 1.98. The van der Waals surface area contributed by atoms with Crippen LogP contribution in [0.4, 0.5) is 11.4 Å². The van der Waals surface area contributed by atoms with Crippen molar-refractivity contribution in [3.05, 3.63) is 89.2 Å². The highest BCUT2D eigenvalue weighted by Gasteiger charge is 2.10. The zero-order valence-corrected chi connectivity index (χ0v) is 13.8. The second-order valence-electron chi connectivity index (χ2n) is 5.24. The van der Waals surface area contributed by atoms with Crippen LogP contribution in [0.1, 0.15) is 20.7 Å². The number of benzene rings is 2. The number of pyridine rings is 1. The molecule has 0 aliphatic carbocycles. The molecule has 3 aromatic rings. The predicted octanol–water partition coefficient (Wildman–Crippen LogP) is 4.24. The van der Waals surface area contributed by atoms with Crippen LogP contribution in [0.15, 0.2) is 73.1 Å². The number of hydrogen-bond donors (Lipinski definition) is 2. The number of carbonyl (C=O) groups excluding carboxylic acids is 2. The van der Waals surface area contributed by atoms with Crippen molar-refractivity contribution in [2.45, 2.75) is 0 Å². The van der Waals surface area contributed by atoms with Crippen LogP contribution in [-0.2, 0) is 0 Å². The molecular formula is C19H14ClN3O2. The number of amides is 2. The van der Waals surface area contributed by atoms with Crippen molar-refractivity contribution < 1.29 is 9.59 Å². The molecule has 0 aliphatic rings. The summed E-state index contributed by atoms with van der Waals surface area (Å²) in [6, 6.07) is 16.9. The first-order chi connectivity index (χ1) is 12.1. The zero-order valence-electron chi connectivity index (χ0n) is 13.1. The maximum atomic E-state index is 12.4. The Balaban J connectivity index is 1.72. The van der Waals surface area contributed by atoms with Gasteiger partial charge in [0.15, 0.2) is 0 Å². The van der Waals surface area contributed by atoms with E-state index in [0.29, 0.717) is 27.5 Å². The van der Waals surface area contributed by atoms with Crippen LogP contribution in [0.25, 0.3) is 0 Å². The van der Waals surface area contributed by atoms with Crippen LogP contribution in [0.3, 0.4) is 0 Å². The van der Waals surface area contributed by atoms with Crippen LogP contribution in [0.2, 0.25) is 5.02 Å². The van der Waals surface area contributed by atoms with Gasteiger partial charge in [-0.3, -0.25) is 14.6 Å². The van der Waals surface area contributed by atoms with Gasteiger partial charge in [0.2, 0.25) is 0 Å². The number of hydrogen-bond acceptors (Lipinski definition) is 3. The third-order valence-corrected chi connectivity index (χ3v) is 3.62. The Hall–Kier alpha value is -3.18. The van der Waals surface area contributed by atoms with Gasteiger partial charge < -0.3 is 10.6 Å². The second-order valence-corrected chi connectivity index (χ2v) is 5.68. The summed E-state index contributed by atoms with van der Waals surface area (Å²) in [7, 11) is 0. The van der Waals surface area contributed by atoms with Crippen molar-refractivity contribution in [1.29, 1.82) is 0 Å². The number of anilines is 2. The van der Waals surface area contributed by atoms with Gasteiger partial charge in [0.1, 0.15) is 0 Å². The lowest BCUT2D eigenvalue weighted by atomic mass is 10.1. The fraction of sp³-hybridized carbons (Fsp3) is 0. The van der Waals surface area contributed by atoms with E-state index >= 15 is 0 Å². The molecule has 124 valence electrons. The van der Waals surface area contributed by atoms with Crippen molar-refractivity contribution in [3.63, 3.8) is 0 Å². The van der Waals surface area contributed by atoms with Crippen LogP contribution in [-0.4, -0.2) is 16.8 Å². The molecule has 0 bridgehead atoms. The van der Waals surface area contributed by atoms with E-state index in [1.165, 1.54) is 6.20 Å². The van der Waals surface area contributed by atoms with E-state index in [1.807, 2.05) is 0 Å². The quantitative estimate of drug-likeness (QED) is 0.738. The SMILES string of the molecule is O=C(Nc1cccc(C(=O)Nc2cccc(Cl)c2)c1)c1cccnc1. The molecule has 2 N–H and O–H groups in total. The third-order valence-electron chi connectivity index (χ3n) is 3.39. The van der Waals surface area contributed by atoms with E-state index in [-0.39, 0.29) is 11.8 Å². The van der Waals surface area contributed by atoms with Gasteiger partial charge in [-0.1, -0.05) is 23.7 Å². The summed E-state index contributed by atoms with van der Waals surface area (Å²) in [6.07, 6.45) is 3.07. The molecular weight excluding hydrogens is 338 g/mol. The minimum atomic E-state index is -0.292. The highest BCUT2D eigenvalue weighted by molar-refractivity contribution is 6.31. The first-order valence-corrected chi connectivity index (χ1v) is 7.88. The van der Waals surface area contributed by atoms with Gasteiger partial charge in [0.25, 0.3) is 11.8 Å². The van der Waals surface area contributed by atoms with Crippen LogP contribution in [0.5, 0.6) is 0 Å². The maximum Gasteiger partial charge on any atom is 0.257 e. The summed E-state index contributed by atoms with van der Waals surface area (Å²) < 4.78 is 0. The van der Waals surface area contributed by atoms with Gasteiger partial charge in [-0.2, -0.15) is 0 Å². The third kappa shape index (κ3) is 4.43. The van der Waals surface area contributed by atoms with Gasteiger partial charge in [0, 0.05) is 34.4 Å². The molecule has 1 heterocycles. The second kappa shape index (κ2) is 7.59. The molecule has 3 rings (SSSR count). The Morgan fingerprint density at radius 1 is 0.800 bits per heavy atom. The lowest BCUT2D eigenvalue weighted by Gasteiger charge is -2.08. The van der Waals surface area contributed by atoms with Gasteiger partial charge in [0.05, 0.1) is 5.56 Å². The molecule has 25 heavy (non-hydrogen) atoms. The smallest absolute Gasteiger partial charge is 0.257 e. The van der Waals surface area contributed by atoms with E-state index in [4.69, 9.17) is 11.6 Å². The molecule has 0 atom stereocenters. The predicted molar refractivity (Wildman–Crippen MR) is 98.0 cm³/mol. The molecule has 0 fully saturated rings. The normalized spacial score (nSPS) is 10.1. The summed E-state index contributed by atoms with van der Waals surface area (Å²) >= 11 is 5.91. The summed E-state index contributed by atoms with van der Waals surface area (Å²) in [5, 5.41) is 6.05. The average molecular weight is 352 g/mol. The molecule has 2 amide bonds. The highest BCUT2D eigenvalue weighted by atomic mass is 35.5. The van der Waals surface area contributed by atoms with Crippen LogP contribution >= 0.6 is 11.6 Å². The molecule has 5 nitrogen and oxygen atoms in total. The monoisotopic (exact) mass is 351 g/mol. The highest BCUT2D eigenvalue weighted by Crippen LogP contribution is 2.17. The van der Waals surface area contributed by atoms with Crippen LogP contribution < -0.4 is 10.6 Å². The van der Waals surface area contributed by atoms with E-state index in [0.717, 1.165) is 0 Å². The zero-order chi connectivity index (χ0) is 17.6. The van der Waals surface area contributed by atoms with Gasteiger partial charge >= 0.3 is 0 Å². The summed E-state index contributed by atoms with van der Waals surface area (Å²) in [5.74, 6) is -0.583. The van der Waals surface area contributed by atoms with E-state index in [9.17, 15) is 9.59 Å². The largest absolute Gasteiger partial charge is 0.322 e. The summed E-state index contributed by atoms with van der Waals surface area (Å²) in [4.78, 5) is 28.4. The fourth-order valence-electron chi connectivity index (χ4n) is 2.21.